The third-order valence-corrected chi connectivity index (χ3v) is 5.84. The molecule has 0 radical (unpaired) electrons. The lowest BCUT2D eigenvalue weighted by atomic mass is 10.0. The van der Waals surface area contributed by atoms with Gasteiger partial charge in [0.05, 0.1) is 11.7 Å². The molecule has 208 valence electrons. The number of rotatable bonds is 13. The van der Waals surface area contributed by atoms with Crippen LogP contribution in [0.2, 0.25) is 0 Å². The molecule has 3 aromatic carbocycles. The van der Waals surface area contributed by atoms with Crippen LogP contribution in [0.5, 0.6) is 5.75 Å². The quantitative estimate of drug-likeness (QED) is 0.0915. The molecule has 3 rings (SSSR count). The number of hydrogen-bond donors (Lipinski definition) is 7. The fraction of sp³-hybridized carbons (Fsp3) is 0.185. The predicted molar refractivity (Wildman–Crippen MR) is 147 cm³/mol. The number of hydrogen-bond acceptors (Lipinski definition) is 7. The van der Waals surface area contributed by atoms with Crippen LogP contribution in [-0.2, 0) is 20.8 Å². The third-order valence-electron chi connectivity index (χ3n) is 5.84. The first-order valence-electron chi connectivity index (χ1n) is 12.0. The van der Waals surface area contributed by atoms with Crippen molar-refractivity contribution >= 4 is 51.9 Å². The zero-order valence-corrected chi connectivity index (χ0v) is 21.2. The number of ketones is 1. The molecule has 0 aromatic heterocycles. The minimum atomic E-state index is -1.62. The van der Waals surface area contributed by atoms with E-state index in [0.29, 0.717) is 16.5 Å². The van der Waals surface area contributed by atoms with Crippen LogP contribution in [0.1, 0.15) is 34.3 Å². The van der Waals surface area contributed by atoms with Gasteiger partial charge in [-0.05, 0) is 30.0 Å². The SMILES string of the molecule is N=C(N)c1ccc(CC(=O)C(=O)O)c(OCC(CCC(=O)O)NC(=O)c2ccc(N=C(N)N)c3ccccc23)c1. The highest BCUT2D eigenvalue weighted by molar-refractivity contribution is 6.33. The minimum Gasteiger partial charge on any atom is -0.491 e. The van der Waals surface area contributed by atoms with Crippen molar-refractivity contribution in [1.82, 2.24) is 5.32 Å². The van der Waals surface area contributed by atoms with E-state index in [9.17, 15) is 24.3 Å². The number of nitrogens with two attached hydrogens (primary N) is 3. The Hall–Kier alpha value is -5.46. The molecule has 10 N–H and O–H groups in total. The number of guanidine groups is 1. The van der Waals surface area contributed by atoms with Crippen molar-refractivity contribution in [2.75, 3.05) is 6.61 Å². The maximum Gasteiger partial charge on any atom is 0.372 e. The maximum atomic E-state index is 13.3. The molecule has 0 aliphatic rings. The highest BCUT2D eigenvalue weighted by Gasteiger charge is 2.21. The molecular formula is C27H28N6O7. The first-order chi connectivity index (χ1) is 19.0. The van der Waals surface area contributed by atoms with Gasteiger partial charge >= 0.3 is 11.9 Å². The van der Waals surface area contributed by atoms with Crippen molar-refractivity contribution in [3.63, 3.8) is 0 Å². The van der Waals surface area contributed by atoms with Gasteiger partial charge in [-0.3, -0.25) is 19.8 Å². The number of nitrogens with one attached hydrogen (secondary N) is 2. The fourth-order valence-corrected chi connectivity index (χ4v) is 3.92. The smallest absolute Gasteiger partial charge is 0.372 e. The number of carbonyl (C=O) groups is 4. The van der Waals surface area contributed by atoms with Crippen LogP contribution in [0.25, 0.3) is 10.8 Å². The number of nitrogens with zero attached hydrogens (tertiary/aromatic N) is 1. The molecule has 3 aromatic rings. The van der Waals surface area contributed by atoms with E-state index < -0.39 is 36.1 Å². The van der Waals surface area contributed by atoms with E-state index in [1.807, 2.05) is 0 Å². The second kappa shape index (κ2) is 12.9. The summed E-state index contributed by atoms with van der Waals surface area (Å²) in [5.74, 6) is -4.65. The van der Waals surface area contributed by atoms with Crippen molar-refractivity contribution in [3.05, 3.63) is 71.3 Å². The van der Waals surface area contributed by atoms with E-state index in [1.165, 1.54) is 18.2 Å². The summed E-state index contributed by atoms with van der Waals surface area (Å²) in [5, 5.41) is 29.8. The Labute approximate surface area is 228 Å². The lowest BCUT2D eigenvalue weighted by Crippen LogP contribution is -2.39. The number of ether oxygens (including phenoxy) is 1. The second-order valence-electron chi connectivity index (χ2n) is 8.77. The molecule has 13 heteroatoms. The van der Waals surface area contributed by atoms with Gasteiger partial charge in [0.1, 0.15) is 18.2 Å². The van der Waals surface area contributed by atoms with Gasteiger partial charge in [0, 0.05) is 34.9 Å². The van der Waals surface area contributed by atoms with Gasteiger partial charge in [0.25, 0.3) is 5.91 Å². The van der Waals surface area contributed by atoms with Gasteiger partial charge < -0.3 is 37.5 Å². The van der Waals surface area contributed by atoms with Gasteiger partial charge in [-0.25, -0.2) is 9.79 Å². The molecule has 1 atom stereocenters. The van der Waals surface area contributed by atoms with Gasteiger partial charge in [-0.1, -0.05) is 36.4 Å². The maximum absolute atomic E-state index is 13.3. The number of aliphatic carboxylic acids is 2. The fourth-order valence-electron chi connectivity index (χ4n) is 3.92. The molecule has 13 nitrogen and oxygen atoms in total. The number of aliphatic imine (C=N–C) groups is 1. The van der Waals surface area contributed by atoms with E-state index in [2.05, 4.69) is 10.3 Å². The summed E-state index contributed by atoms with van der Waals surface area (Å²) < 4.78 is 5.84. The lowest BCUT2D eigenvalue weighted by Gasteiger charge is -2.21. The zero-order valence-electron chi connectivity index (χ0n) is 21.2. The lowest BCUT2D eigenvalue weighted by molar-refractivity contribution is -0.148. The highest BCUT2D eigenvalue weighted by Crippen LogP contribution is 2.29. The summed E-state index contributed by atoms with van der Waals surface area (Å²) in [4.78, 5) is 51.6. The summed E-state index contributed by atoms with van der Waals surface area (Å²) in [6.45, 7) is -0.224. The number of Topliss-reactive ketones (excluding diaryl/α,β-unsaturated/α-hetero) is 1. The van der Waals surface area contributed by atoms with Crippen molar-refractivity contribution in [1.29, 1.82) is 5.41 Å². The van der Waals surface area contributed by atoms with E-state index in [4.69, 9.17) is 32.5 Å². The number of nitrogen functional groups attached to an aromatic ring is 1. The van der Waals surface area contributed by atoms with E-state index >= 15 is 0 Å². The molecular weight excluding hydrogens is 520 g/mol. The molecule has 0 saturated heterocycles. The topological polar surface area (TPSA) is 244 Å². The second-order valence-corrected chi connectivity index (χ2v) is 8.77. The molecule has 0 aliphatic carbocycles. The number of benzene rings is 3. The Morgan fingerprint density at radius 3 is 2.30 bits per heavy atom. The van der Waals surface area contributed by atoms with Crippen molar-refractivity contribution in [3.8, 4) is 5.75 Å². The van der Waals surface area contributed by atoms with Crippen molar-refractivity contribution in [2.45, 2.75) is 25.3 Å². The number of amidine groups is 1. The average molecular weight is 549 g/mol. The Morgan fingerprint density at radius 1 is 0.975 bits per heavy atom. The van der Waals surface area contributed by atoms with Gasteiger partial charge in [-0.2, -0.15) is 0 Å². The van der Waals surface area contributed by atoms with Gasteiger partial charge in [-0.15, -0.1) is 0 Å². The molecule has 0 saturated carbocycles. The summed E-state index contributed by atoms with van der Waals surface area (Å²) in [6, 6.07) is 13.5. The van der Waals surface area contributed by atoms with E-state index in [-0.39, 0.29) is 53.7 Å². The Morgan fingerprint density at radius 2 is 1.68 bits per heavy atom. The van der Waals surface area contributed by atoms with Crippen LogP contribution in [0.15, 0.2) is 59.6 Å². The molecule has 40 heavy (non-hydrogen) atoms. The van der Waals surface area contributed by atoms with E-state index in [1.54, 1.807) is 36.4 Å². The highest BCUT2D eigenvalue weighted by atomic mass is 16.5. The molecule has 0 bridgehead atoms. The normalized spacial score (nSPS) is 11.3. The Kier molecular flexibility index (Phi) is 9.36. The predicted octanol–water partition coefficient (Wildman–Crippen LogP) is 1.27. The van der Waals surface area contributed by atoms with Crippen LogP contribution < -0.4 is 27.3 Å². The number of amides is 1. The molecule has 0 heterocycles. The average Bonchev–Trinajstić information content (AvgIpc) is 2.90. The molecule has 1 unspecified atom stereocenters. The number of carboxylic acids is 2. The van der Waals surface area contributed by atoms with Crippen molar-refractivity contribution in [2.24, 2.45) is 22.2 Å². The summed E-state index contributed by atoms with van der Waals surface area (Å²) in [6.07, 6.45) is -0.764. The summed E-state index contributed by atoms with van der Waals surface area (Å²) in [5.41, 5.74) is 17.8. The van der Waals surface area contributed by atoms with Gasteiger partial charge in [0.15, 0.2) is 5.96 Å². The summed E-state index contributed by atoms with van der Waals surface area (Å²) in [7, 11) is 0. The third kappa shape index (κ3) is 7.54. The molecule has 0 fully saturated rings. The van der Waals surface area contributed by atoms with E-state index in [0.717, 1.165) is 0 Å². The van der Waals surface area contributed by atoms with Crippen LogP contribution >= 0.6 is 0 Å². The summed E-state index contributed by atoms with van der Waals surface area (Å²) >= 11 is 0. The first-order valence-corrected chi connectivity index (χ1v) is 12.0. The van der Waals surface area contributed by atoms with Crippen LogP contribution in [-0.4, -0.2) is 58.3 Å². The first kappa shape index (κ1) is 29.1. The Bertz CT molecular complexity index is 1510. The minimum absolute atomic E-state index is 0.000872. The monoisotopic (exact) mass is 548 g/mol. The molecule has 0 aliphatic heterocycles. The molecule has 0 spiro atoms. The standard InChI is InChI=1S/C27H28N6O7/c28-24(29)15-6-5-14(11-21(34)26(38)39)22(12-15)40-13-16(7-10-23(35)36)32-25(37)19-8-9-20(33-27(30)31)18-4-2-1-3-17(18)19/h1-6,8-9,12,16H,7,10-11,13H2,(H3,28,29)(H,32,37)(H,35,36)(H,38,39)(H4,30,31,33). The van der Waals surface area contributed by atoms with Crippen LogP contribution in [0, 0.1) is 5.41 Å². The van der Waals surface area contributed by atoms with Crippen molar-refractivity contribution < 1.29 is 34.1 Å². The van der Waals surface area contributed by atoms with Crippen LogP contribution in [0.3, 0.4) is 0 Å². The number of fused-ring (bicyclic) bond motifs is 1. The number of carbonyl (C=O) groups excluding carboxylic acids is 2. The number of carboxylic acid groups (broad SMARTS) is 2. The largest absolute Gasteiger partial charge is 0.491 e. The Balaban J connectivity index is 1.89. The van der Waals surface area contributed by atoms with Gasteiger partial charge in [0.2, 0.25) is 5.78 Å². The van der Waals surface area contributed by atoms with Crippen LogP contribution in [0.4, 0.5) is 5.69 Å². The zero-order chi connectivity index (χ0) is 29.4. The molecule has 1 amide bonds.